The summed E-state index contributed by atoms with van der Waals surface area (Å²) in [4.78, 5) is 27.2. The van der Waals surface area contributed by atoms with Crippen LogP contribution in [0.15, 0.2) is 24.3 Å². The third kappa shape index (κ3) is 2.24. The highest BCUT2D eigenvalue weighted by atomic mass is 16.6. The van der Waals surface area contributed by atoms with Crippen LogP contribution in [0.3, 0.4) is 0 Å². The fourth-order valence-electron chi connectivity index (χ4n) is 2.93. The number of anilines is 1. The van der Waals surface area contributed by atoms with Gasteiger partial charge < -0.3 is 14.5 Å². The Morgan fingerprint density at radius 3 is 2.95 bits per heavy atom. The Morgan fingerprint density at radius 1 is 1.40 bits per heavy atom. The first kappa shape index (κ1) is 13.0. The normalized spacial score (nSPS) is 21.1. The monoisotopic (exact) mass is 274 g/mol. The number of cyclic esters (lactones) is 1. The SMILES string of the molecule is CC1Cc2ccccc2N1C(=O)CCN1CCOC1=O. The number of amides is 2. The van der Waals surface area contributed by atoms with Crippen molar-refractivity contribution in [3.63, 3.8) is 0 Å². The fraction of sp³-hybridized carbons (Fsp3) is 0.467. The molecule has 1 atom stereocenters. The first-order chi connectivity index (χ1) is 9.66. The van der Waals surface area contributed by atoms with Crippen molar-refractivity contribution < 1.29 is 14.3 Å². The molecule has 2 amide bonds. The van der Waals surface area contributed by atoms with Crippen molar-refractivity contribution in [1.29, 1.82) is 0 Å². The number of carbonyl (C=O) groups is 2. The molecule has 1 fully saturated rings. The quantitative estimate of drug-likeness (QED) is 0.844. The Morgan fingerprint density at radius 2 is 2.20 bits per heavy atom. The van der Waals surface area contributed by atoms with E-state index < -0.39 is 0 Å². The van der Waals surface area contributed by atoms with Gasteiger partial charge in [-0.2, -0.15) is 0 Å². The number of benzene rings is 1. The van der Waals surface area contributed by atoms with E-state index in [1.54, 1.807) is 4.90 Å². The molecule has 1 aromatic rings. The minimum atomic E-state index is -0.312. The van der Waals surface area contributed by atoms with Gasteiger partial charge in [0.2, 0.25) is 5.91 Å². The van der Waals surface area contributed by atoms with Crippen LogP contribution in [0.5, 0.6) is 0 Å². The van der Waals surface area contributed by atoms with E-state index in [0.29, 0.717) is 26.1 Å². The zero-order valence-corrected chi connectivity index (χ0v) is 11.5. The lowest BCUT2D eigenvalue weighted by atomic mass is 10.1. The second-order valence-corrected chi connectivity index (χ2v) is 5.30. The zero-order valence-electron chi connectivity index (χ0n) is 11.5. The van der Waals surface area contributed by atoms with Crippen molar-refractivity contribution >= 4 is 17.7 Å². The minimum Gasteiger partial charge on any atom is -0.448 e. The van der Waals surface area contributed by atoms with Crippen LogP contribution in [0.1, 0.15) is 18.9 Å². The Labute approximate surface area is 118 Å². The van der Waals surface area contributed by atoms with Crippen molar-refractivity contribution in [2.75, 3.05) is 24.6 Å². The van der Waals surface area contributed by atoms with Gasteiger partial charge in [0.25, 0.3) is 0 Å². The average molecular weight is 274 g/mol. The Bertz CT molecular complexity index is 544. The number of ether oxygens (including phenoxy) is 1. The van der Waals surface area contributed by atoms with E-state index in [2.05, 4.69) is 13.0 Å². The molecule has 0 saturated carbocycles. The average Bonchev–Trinajstić information content (AvgIpc) is 2.98. The summed E-state index contributed by atoms with van der Waals surface area (Å²) in [6.07, 6.45) is 0.925. The van der Waals surface area contributed by atoms with Crippen molar-refractivity contribution in [2.45, 2.75) is 25.8 Å². The van der Waals surface area contributed by atoms with E-state index in [0.717, 1.165) is 12.1 Å². The van der Waals surface area contributed by atoms with Crippen molar-refractivity contribution in [1.82, 2.24) is 4.90 Å². The standard InChI is InChI=1S/C15H18N2O3/c1-11-10-12-4-2-3-5-13(12)17(11)14(18)6-7-16-8-9-20-15(16)19/h2-5,11H,6-10H2,1H3. The van der Waals surface area contributed by atoms with Gasteiger partial charge in [-0.25, -0.2) is 4.79 Å². The number of carbonyl (C=O) groups excluding carboxylic acids is 2. The summed E-state index contributed by atoms with van der Waals surface area (Å²) < 4.78 is 4.86. The molecule has 2 heterocycles. The van der Waals surface area contributed by atoms with E-state index in [9.17, 15) is 9.59 Å². The van der Waals surface area contributed by atoms with E-state index >= 15 is 0 Å². The molecule has 0 aromatic heterocycles. The van der Waals surface area contributed by atoms with E-state index in [1.165, 1.54) is 5.56 Å². The molecule has 5 nitrogen and oxygen atoms in total. The maximum Gasteiger partial charge on any atom is 0.409 e. The molecule has 2 aliphatic rings. The Kier molecular flexibility index (Phi) is 3.34. The molecule has 106 valence electrons. The van der Waals surface area contributed by atoms with Crippen molar-refractivity contribution in [3.8, 4) is 0 Å². The molecule has 2 aliphatic heterocycles. The largest absolute Gasteiger partial charge is 0.448 e. The van der Waals surface area contributed by atoms with Gasteiger partial charge in [-0.05, 0) is 25.0 Å². The first-order valence-electron chi connectivity index (χ1n) is 6.98. The summed E-state index contributed by atoms with van der Waals surface area (Å²) in [5.74, 6) is 0.0714. The molecule has 1 unspecified atom stereocenters. The molecule has 0 bridgehead atoms. The van der Waals surface area contributed by atoms with Gasteiger partial charge in [0, 0.05) is 24.7 Å². The molecule has 5 heteroatoms. The van der Waals surface area contributed by atoms with Gasteiger partial charge in [-0.1, -0.05) is 18.2 Å². The van der Waals surface area contributed by atoms with E-state index in [-0.39, 0.29) is 18.0 Å². The summed E-state index contributed by atoms with van der Waals surface area (Å²) in [5.41, 5.74) is 2.22. The highest BCUT2D eigenvalue weighted by Gasteiger charge is 2.31. The van der Waals surface area contributed by atoms with Crippen LogP contribution < -0.4 is 4.90 Å². The van der Waals surface area contributed by atoms with Crippen LogP contribution in [0.2, 0.25) is 0 Å². The maximum atomic E-state index is 12.4. The topological polar surface area (TPSA) is 49.9 Å². The highest BCUT2D eigenvalue weighted by molar-refractivity contribution is 5.96. The number of hydrogen-bond acceptors (Lipinski definition) is 3. The number of nitrogens with zero attached hydrogens (tertiary/aromatic N) is 2. The Hall–Kier alpha value is -2.04. The van der Waals surface area contributed by atoms with Crippen LogP contribution in [0.4, 0.5) is 10.5 Å². The second-order valence-electron chi connectivity index (χ2n) is 5.30. The summed E-state index contributed by atoms with van der Waals surface area (Å²) in [6.45, 7) is 3.50. The van der Waals surface area contributed by atoms with Gasteiger partial charge in [-0.15, -0.1) is 0 Å². The predicted octanol–water partition coefficient (Wildman–Crippen LogP) is 1.81. The van der Waals surface area contributed by atoms with Crippen LogP contribution in [-0.2, 0) is 16.0 Å². The maximum absolute atomic E-state index is 12.4. The molecule has 0 radical (unpaired) electrons. The van der Waals surface area contributed by atoms with Crippen LogP contribution in [0.25, 0.3) is 0 Å². The third-order valence-corrected chi connectivity index (χ3v) is 3.92. The molecular weight excluding hydrogens is 256 g/mol. The molecule has 0 N–H and O–H groups in total. The van der Waals surface area contributed by atoms with Gasteiger partial charge in [-0.3, -0.25) is 4.79 Å². The molecular formula is C15H18N2O3. The summed E-state index contributed by atoms with van der Waals surface area (Å²) in [7, 11) is 0. The molecule has 1 saturated heterocycles. The van der Waals surface area contributed by atoms with Gasteiger partial charge in [0.05, 0.1) is 6.54 Å². The lowest BCUT2D eigenvalue weighted by molar-refractivity contribution is -0.119. The lowest BCUT2D eigenvalue weighted by Crippen LogP contribution is -2.38. The number of rotatable bonds is 3. The smallest absolute Gasteiger partial charge is 0.409 e. The van der Waals surface area contributed by atoms with Crippen LogP contribution >= 0.6 is 0 Å². The molecule has 1 aromatic carbocycles. The lowest BCUT2D eigenvalue weighted by Gasteiger charge is -2.23. The number of fused-ring (bicyclic) bond motifs is 1. The van der Waals surface area contributed by atoms with Crippen molar-refractivity contribution in [2.24, 2.45) is 0 Å². The van der Waals surface area contributed by atoms with Crippen LogP contribution in [0, 0.1) is 0 Å². The highest BCUT2D eigenvalue weighted by Crippen LogP contribution is 2.32. The van der Waals surface area contributed by atoms with Gasteiger partial charge in [0.1, 0.15) is 6.61 Å². The van der Waals surface area contributed by atoms with E-state index in [1.807, 2.05) is 23.1 Å². The van der Waals surface area contributed by atoms with Gasteiger partial charge in [0.15, 0.2) is 0 Å². The van der Waals surface area contributed by atoms with Crippen molar-refractivity contribution in [3.05, 3.63) is 29.8 Å². The predicted molar refractivity (Wildman–Crippen MR) is 74.6 cm³/mol. The minimum absolute atomic E-state index is 0.0714. The zero-order chi connectivity index (χ0) is 14.1. The van der Waals surface area contributed by atoms with E-state index in [4.69, 9.17) is 4.74 Å². The molecule has 3 rings (SSSR count). The fourth-order valence-corrected chi connectivity index (χ4v) is 2.93. The molecule has 0 spiro atoms. The first-order valence-corrected chi connectivity index (χ1v) is 6.98. The third-order valence-electron chi connectivity index (χ3n) is 3.92. The summed E-state index contributed by atoms with van der Waals surface area (Å²) >= 11 is 0. The second kappa shape index (κ2) is 5.15. The summed E-state index contributed by atoms with van der Waals surface area (Å²) in [5, 5.41) is 0. The molecule has 20 heavy (non-hydrogen) atoms. The number of hydrogen-bond donors (Lipinski definition) is 0. The molecule has 0 aliphatic carbocycles. The van der Waals surface area contributed by atoms with Gasteiger partial charge >= 0.3 is 6.09 Å². The van der Waals surface area contributed by atoms with Crippen LogP contribution in [-0.4, -0.2) is 42.6 Å². The summed E-state index contributed by atoms with van der Waals surface area (Å²) in [6, 6.07) is 8.19. The number of para-hydroxylation sites is 1. The Balaban J connectivity index is 1.67.